The number of hydrogen-bond donors (Lipinski definition) is 3. The second-order valence-electron chi connectivity index (χ2n) is 5.91. The molecule has 0 aromatic heterocycles. The molecule has 112 valence electrons. The van der Waals surface area contributed by atoms with Gasteiger partial charge in [0.1, 0.15) is 0 Å². The van der Waals surface area contributed by atoms with Crippen molar-refractivity contribution in [1.29, 1.82) is 0 Å². The minimum Gasteiger partial charge on any atom is -0.481 e. The minimum atomic E-state index is -0.957. The van der Waals surface area contributed by atoms with Crippen molar-refractivity contribution in [2.75, 3.05) is 0 Å². The Hall–Kier alpha value is -1.85. The lowest BCUT2D eigenvalue weighted by molar-refractivity contribution is -0.139. The molecule has 1 aliphatic carbocycles. The Morgan fingerprint density at radius 1 is 1.25 bits per heavy atom. The van der Waals surface area contributed by atoms with Crippen molar-refractivity contribution in [3.63, 3.8) is 0 Å². The number of urea groups is 1. The van der Waals surface area contributed by atoms with Crippen LogP contribution in [-0.2, 0) is 9.59 Å². The lowest BCUT2D eigenvalue weighted by Crippen LogP contribution is -2.45. The highest BCUT2D eigenvalue weighted by molar-refractivity contribution is 5.94. The van der Waals surface area contributed by atoms with Crippen LogP contribution < -0.4 is 10.6 Å². The summed E-state index contributed by atoms with van der Waals surface area (Å²) in [7, 11) is 0. The van der Waals surface area contributed by atoms with Crippen molar-refractivity contribution in [3.8, 4) is 0 Å². The number of allylic oxidation sites excluding steroid dienone is 1. The quantitative estimate of drug-likeness (QED) is 0.670. The molecule has 0 bridgehead atoms. The zero-order valence-electron chi connectivity index (χ0n) is 11.9. The number of nitrogens with one attached hydrogen (secondary N) is 2. The highest BCUT2D eigenvalue weighted by Crippen LogP contribution is 2.24. The van der Waals surface area contributed by atoms with Crippen LogP contribution in [0, 0.1) is 5.41 Å². The maximum Gasteiger partial charge on any atom is 0.321 e. The summed E-state index contributed by atoms with van der Waals surface area (Å²) in [5, 5.41) is 13.7. The molecular weight excluding hydrogens is 260 g/mol. The number of rotatable bonds is 5. The van der Waals surface area contributed by atoms with E-state index in [2.05, 4.69) is 16.7 Å². The molecule has 0 radical (unpaired) electrons. The molecule has 0 fully saturated rings. The summed E-state index contributed by atoms with van der Waals surface area (Å²) in [6, 6.07) is -0.457. The lowest BCUT2D eigenvalue weighted by Gasteiger charge is -2.22. The summed E-state index contributed by atoms with van der Waals surface area (Å²) in [5.41, 5.74) is -0.677. The first kappa shape index (κ1) is 16.2. The van der Waals surface area contributed by atoms with E-state index in [1.165, 1.54) is 0 Å². The van der Waals surface area contributed by atoms with Gasteiger partial charge in [-0.3, -0.25) is 14.9 Å². The van der Waals surface area contributed by atoms with Crippen molar-refractivity contribution in [2.45, 2.75) is 52.0 Å². The highest BCUT2D eigenvalue weighted by Gasteiger charge is 2.26. The van der Waals surface area contributed by atoms with Crippen LogP contribution in [0.4, 0.5) is 4.79 Å². The third-order valence-electron chi connectivity index (χ3n) is 3.13. The molecule has 6 heteroatoms. The van der Waals surface area contributed by atoms with Crippen molar-refractivity contribution < 1.29 is 19.5 Å². The summed E-state index contributed by atoms with van der Waals surface area (Å²) in [6.45, 7) is 3.37. The average Bonchev–Trinajstić information content (AvgIpc) is 2.26. The second kappa shape index (κ2) is 7.07. The fourth-order valence-electron chi connectivity index (χ4n) is 2.22. The SMILES string of the molecule is CC(C)(CC(=O)O)CC(=O)NC(=O)NC1CC=CCC1. The maximum absolute atomic E-state index is 11.7. The Bertz CT molecular complexity index is 415. The van der Waals surface area contributed by atoms with E-state index in [0.717, 1.165) is 19.3 Å². The molecule has 0 saturated carbocycles. The van der Waals surface area contributed by atoms with E-state index in [9.17, 15) is 14.4 Å². The molecule has 0 spiro atoms. The first-order valence-electron chi connectivity index (χ1n) is 6.76. The molecule has 0 heterocycles. The normalized spacial score (nSPS) is 18.4. The van der Waals surface area contributed by atoms with Crippen LogP contribution in [0.3, 0.4) is 0 Å². The van der Waals surface area contributed by atoms with Crippen LogP contribution in [0.5, 0.6) is 0 Å². The van der Waals surface area contributed by atoms with E-state index in [1.807, 2.05) is 6.08 Å². The van der Waals surface area contributed by atoms with Gasteiger partial charge in [-0.2, -0.15) is 0 Å². The van der Waals surface area contributed by atoms with Gasteiger partial charge in [-0.05, 0) is 24.7 Å². The van der Waals surface area contributed by atoms with Gasteiger partial charge in [0, 0.05) is 12.5 Å². The van der Waals surface area contributed by atoms with Crippen molar-refractivity contribution in [2.24, 2.45) is 5.41 Å². The lowest BCUT2D eigenvalue weighted by atomic mass is 9.85. The summed E-state index contributed by atoms with van der Waals surface area (Å²) in [6.07, 6.45) is 6.51. The second-order valence-corrected chi connectivity index (χ2v) is 5.91. The molecule has 1 atom stereocenters. The van der Waals surface area contributed by atoms with Crippen LogP contribution in [0.2, 0.25) is 0 Å². The Morgan fingerprint density at radius 2 is 1.95 bits per heavy atom. The molecule has 1 unspecified atom stereocenters. The number of amides is 3. The zero-order chi connectivity index (χ0) is 15.2. The maximum atomic E-state index is 11.7. The Kier molecular flexibility index (Phi) is 5.73. The van der Waals surface area contributed by atoms with E-state index in [1.54, 1.807) is 13.8 Å². The van der Waals surface area contributed by atoms with Crippen LogP contribution in [-0.4, -0.2) is 29.1 Å². The largest absolute Gasteiger partial charge is 0.481 e. The van der Waals surface area contributed by atoms with Gasteiger partial charge in [0.05, 0.1) is 6.42 Å². The van der Waals surface area contributed by atoms with E-state index >= 15 is 0 Å². The summed E-state index contributed by atoms with van der Waals surface area (Å²) in [4.78, 5) is 34.0. The minimum absolute atomic E-state index is 0.00269. The first-order valence-corrected chi connectivity index (χ1v) is 6.76. The van der Waals surface area contributed by atoms with E-state index in [-0.39, 0.29) is 18.9 Å². The summed E-state index contributed by atoms with van der Waals surface area (Å²) >= 11 is 0. The average molecular weight is 282 g/mol. The fourth-order valence-corrected chi connectivity index (χ4v) is 2.22. The number of carbonyl (C=O) groups is 3. The van der Waals surface area contributed by atoms with Gasteiger partial charge in [0.25, 0.3) is 0 Å². The molecule has 1 aliphatic rings. The van der Waals surface area contributed by atoms with Crippen LogP contribution in [0.15, 0.2) is 12.2 Å². The smallest absolute Gasteiger partial charge is 0.321 e. The van der Waals surface area contributed by atoms with Crippen LogP contribution in [0.25, 0.3) is 0 Å². The van der Waals surface area contributed by atoms with Crippen LogP contribution >= 0.6 is 0 Å². The number of carboxylic acids is 1. The molecule has 0 aromatic rings. The van der Waals surface area contributed by atoms with Gasteiger partial charge < -0.3 is 10.4 Å². The zero-order valence-corrected chi connectivity index (χ0v) is 11.9. The van der Waals surface area contributed by atoms with Crippen molar-refractivity contribution >= 4 is 17.9 Å². The van der Waals surface area contributed by atoms with Crippen molar-refractivity contribution in [3.05, 3.63) is 12.2 Å². The standard InChI is InChI=1S/C14H22N2O4/c1-14(2,9-12(18)19)8-11(17)16-13(20)15-10-6-4-3-5-7-10/h3-4,10H,5-9H2,1-2H3,(H,18,19)(H2,15,16,17,20). The highest BCUT2D eigenvalue weighted by atomic mass is 16.4. The molecular formula is C14H22N2O4. The molecule has 1 rings (SSSR count). The third kappa shape index (κ3) is 6.36. The number of carbonyl (C=O) groups excluding carboxylic acids is 2. The predicted molar refractivity (Wildman–Crippen MR) is 74.1 cm³/mol. The molecule has 3 N–H and O–H groups in total. The van der Waals surface area contributed by atoms with Crippen LogP contribution in [0.1, 0.15) is 46.0 Å². The first-order chi connectivity index (χ1) is 9.28. The molecule has 0 saturated heterocycles. The van der Waals surface area contributed by atoms with Gasteiger partial charge in [0.15, 0.2) is 0 Å². The fraction of sp³-hybridized carbons (Fsp3) is 0.643. The predicted octanol–water partition coefficient (Wildman–Crippen LogP) is 1.81. The van der Waals surface area contributed by atoms with E-state index < -0.39 is 23.3 Å². The Labute approximate surface area is 118 Å². The Morgan fingerprint density at radius 3 is 2.50 bits per heavy atom. The van der Waals surface area contributed by atoms with Gasteiger partial charge in [-0.15, -0.1) is 0 Å². The number of carboxylic acid groups (broad SMARTS) is 1. The molecule has 0 aliphatic heterocycles. The topological polar surface area (TPSA) is 95.5 Å². The van der Waals surface area contributed by atoms with E-state index in [0.29, 0.717) is 0 Å². The van der Waals surface area contributed by atoms with E-state index in [4.69, 9.17) is 5.11 Å². The van der Waals surface area contributed by atoms with Gasteiger partial charge >= 0.3 is 12.0 Å². The molecule has 0 aromatic carbocycles. The summed E-state index contributed by atoms with van der Waals surface area (Å²) < 4.78 is 0. The third-order valence-corrected chi connectivity index (χ3v) is 3.13. The van der Waals surface area contributed by atoms with Crippen molar-refractivity contribution in [1.82, 2.24) is 10.6 Å². The number of hydrogen-bond acceptors (Lipinski definition) is 3. The summed E-state index contributed by atoms with van der Waals surface area (Å²) in [5.74, 6) is -1.42. The molecule has 3 amide bonds. The molecule has 6 nitrogen and oxygen atoms in total. The monoisotopic (exact) mass is 282 g/mol. The number of aliphatic carboxylic acids is 1. The Balaban J connectivity index is 2.35. The van der Waals surface area contributed by atoms with Gasteiger partial charge in [-0.25, -0.2) is 4.79 Å². The van der Waals surface area contributed by atoms with Gasteiger partial charge in [-0.1, -0.05) is 26.0 Å². The number of imide groups is 1. The van der Waals surface area contributed by atoms with Gasteiger partial charge in [0.2, 0.25) is 5.91 Å². The molecule has 20 heavy (non-hydrogen) atoms.